The smallest absolute Gasteiger partial charge is 0.227 e. The van der Waals surface area contributed by atoms with Crippen molar-refractivity contribution in [3.8, 4) is 56.0 Å². The third-order valence-corrected chi connectivity index (χ3v) is 9.47. The Kier molecular flexibility index (Phi) is 5.03. The van der Waals surface area contributed by atoms with Crippen LogP contribution in [0.15, 0.2) is 156 Å². The van der Waals surface area contributed by atoms with Gasteiger partial charge in [0, 0.05) is 10.9 Å². The van der Waals surface area contributed by atoms with E-state index in [2.05, 4.69) is 115 Å². The zero-order valence-electron chi connectivity index (χ0n) is 24.3. The lowest BCUT2D eigenvalue weighted by atomic mass is 9.88. The van der Waals surface area contributed by atoms with Gasteiger partial charge in [0.15, 0.2) is 5.58 Å². The van der Waals surface area contributed by atoms with Crippen LogP contribution in [-0.2, 0) is 0 Å². The number of aromatic nitrogens is 1. The molecule has 1 aliphatic carbocycles. The lowest BCUT2D eigenvalue weighted by Gasteiger charge is -2.15. The normalized spacial score (nSPS) is 12.0. The van der Waals surface area contributed by atoms with Gasteiger partial charge in [0.05, 0.1) is 0 Å². The highest BCUT2D eigenvalue weighted by molar-refractivity contribution is 6.20. The molecule has 2 heteroatoms. The minimum atomic E-state index is 0.645. The molecule has 0 bridgehead atoms. The fraction of sp³-hybridized carbons (Fsp3) is 0. The molecule has 0 spiro atoms. The molecule has 208 valence electrons. The van der Waals surface area contributed by atoms with E-state index in [9.17, 15) is 0 Å². The predicted molar refractivity (Wildman–Crippen MR) is 187 cm³/mol. The Morgan fingerprint density at radius 2 is 0.978 bits per heavy atom. The maximum Gasteiger partial charge on any atom is 0.227 e. The summed E-state index contributed by atoms with van der Waals surface area (Å²) in [5.41, 5.74) is 12.8. The first-order valence-corrected chi connectivity index (χ1v) is 15.4. The maximum atomic E-state index is 6.40. The number of benzene rings is 8. The van der Waals surface area contributed by atoms with Gasteiger partial charge in [0.2, 0.25) is 5.89 Å². The third-order valence-electron chi connectivity index (χ3n) is 9.47. The first-order valence-electron chi connectivity index (χ1n) is 15.4. The van der Waals surface area contributed by atoms with Crippen LogP contribution in [0.3, 0.4) is 0 Å². The van der Waals surface area contributed by atoms with Gasteiger partial charge < -0.3 is 4.42 Å². The van der Waals surface area contributed by atoms with Gasteiger partial charge in [-0.3, -0.25) is 0 Å². The highest BCUT2D eigenvalue weighted by Gasteiger charge is 2.23. The van der Waals surface area contributed by atoms with Gasteiger partial charge in [-0.2, -0.15) is 0 Å². The van der Waals surface area contributed by atoms with E-state index in [-0.39, 0.29) is 0 Å². The maximum absolute atomic E-state index is 6.40. The van der Waals surface area contributed by atoms with Crippen molar-refractivity contribution in [1.82, 2.24) is 4.98 Å². The van der Waals surface area contributed by atoms with Crippen LogP contribution in [0.2, 0.25) is 0 Å². The molecule has 8 aromatic carbocycles. The molecule has 1 aliphatic rings. The molecule has 0 radical (unpaired) electrons. The number of hydrogen-bond donors (Lipinski definition) is 0. The Hall–Kier alpha value is -5.99. The average molecular weight is 572 g/mol. The molecular formula is C43H25NO. The van der Waals surface area contributed by atoms with Gasteiger partial charge in [-0.15, -0.1) is 0 Å². The minimum Gasteiger partial charge on any atom is -0.435 e. The number of oxazole rings is 1. The molecule has 0 amide bonds. The van der Waals surface area contributed by atoms with Crippen LogP contribution in [0.5, 0.6) is 0 Å². The second-order valence-corrected chi connectivity index (χ2v) is 11.9. The number of hydrogen-bond acceptors (Lipinski definition) is 2. The van der Waals surface area contributed by atoms with Crippen LogP contribution in [0, 0.1) is 0 Å². The standard InChI is InChI=1S/C43H25NO/c1-2-9-27(10-3-1)43-44-40-24-19-26-17-18-28(25-39(26)42(40)45-43)29-20-21-34(31-12-5-4-11-30(29)31)35-22-23-38-33-14-7-6-13-32(33)36-15-8-16-37(35)41(36)38/h1-25H. The van der Waals surface area contributed by atoms with Crippen LogP contribution in [-0.4, -0.2) is 4.98 Å². The molecule has 0 atom stereocenters. The lowest BCUT2D eigenvalue weighted by Crippen LogP contribution is -1.88. The molecule has 0 N–H and O–H groups in total. The van der Waals surface area contributed by atoms with E-state index in [4.69, 9.17) is 9.40 Å². The zero-order chi connectivity index (χ0) is 29.5. The van der Waals surface area contributed by atoms with Crippen molar-refractivity contribution < 1.29 is 4.42 Å². The quantitative estimate of drug-likeness (QED) is 0.211. The van der Waals surface area contributed by atoms with Crippen LogP contribution in [0.25, 0.3) is 99.4 Å². The molecule has 0 saturated carbocycles. The average Bonchev–Trinajstić information content (AvgIpc) is 3.70. The number of fused-ring (bicyclic) bond motifs is 7. The zero-order valence-corrected chi connectivity index (χ0v) is 24.3. The van der Waals surface area contributed by atoms with E-state index in [1.165, 1.54) is 60.5 Å². The van der Waals surface area contributed by atoms with Crippen LogP contribution >= 0.6 is 0 Å². The first kappa shape index (κ1) is 24.5. The molecule has 1 aromatic heterocycles. The summed E-state index contributed by atoms with van der Waals surface area (Å²) in [7, 11) is 0. The van der Waals surface area contributed by atoms with Gasteiger partial charge in [-0.05, 0) is 95.7 Å². The Labute approximate surface area is 259 Å². The molecule has 0 aliphatic heterocycles. The Bertz CT molecular complexity index is 2620. The second kappa shape index (κ2) is 9.25. The van der Waals surface area contributed by atoms with Crippen molar-refractivity contribution in [2.24, 2.45) is 0 Å². The van der Waals surface area contributed by atoms with E-state index in [0.29, 0.717) is 5.89 Å². The Morgan fingerprint density at radius 3 is 1.80 bits per heavy atom. The SMILES string of the molecule is c1ccc(-c2nc3ccc4ccc(-c5ccc(-c6ccc7c8c(cccc68)-c6ccccc6-7)c6ccccc56)cc4c3o2)cc1. The van der Waals surface area contributed by atoms with E-state index in [1.54, 1.807) is 0 Å². The van der Waals surface area contributed by atoms with Crippen LogP contribution in [0.4, 0.5) is 0 Å². The van der Waals surface area contributed by atoms with Crippen molar-refractivity contribution in [2.45, 2.75) is 0 Å². The molecule has 9 aromatic rings. The lowest BCUT2D eigenvalue weighted by molar-refractivity contribution is 0.623. The molecular weight excluding hydrogens is 546 g/mol. The van der Waals surface area contributed by atoms with E-state index in [0.717, 1.165) is 33.0 Å². The fourth-order valence-corrected chi connectivity index (χ4v) is 7.41. The molecule has 2 nitrogen and oxygen atoms in total. The van der Waals surface area contributed by atoms with Crippen molar-refractivity contribution in [2.75, 3.05) is 0 Å². The molecule has 45 heavy (non-hydrogen) atoms. The first-order chi connectivity index (χ1) is 22.3. The predicted octanol–water partition coefficient (Wildman–Crippen LogP) is 11.9. The van der Waals surface area contributed by atoms with Crippen LogP contribution in [0.1, 0.15) is 0 Å². The van der Waals surface area contributed by atoms with Gasteiger partial charge in [-0.25, -0.2) is 4.98 Å². The molecule has 10 rings (SSSR count). The summed E-state index contributed by atoms with van der Waals surface area (Å²) in [6.45, 7) is 0. The van der Waals surface area contributed by atoms with Gasteiger partial charge in [0.1, 0.15) is 5.52 Å². The van der Waals surface area contributed by atoms with Gasteiger partial charge >= 0.3 is 0 Å². The Balaban J connectivity index is 1.16. The van der Waals surface area contributed by atoms with Gasteiger partial charge in [0.25, 0.3) is 0 Å². The number of rotatable bonds is 3. The second-order valence-electron chi connectivity index (χ2n) is 11.9. The molecule has 0 unspecified atom stereocenters. The highest BCUT2D eigenvalue weighted by atomic mass is 16.3. The topological polar surface area (TPSA) is 26.0 Å². The summed E-state index contributed by atoms with van der Waals surface area (Å²) in [6.07, 6.45) is 0. The van der Waals surface area contributed by atoms with Crippen molar-refractivity contribution in [3.05, 3.63) is 152 Å². The highest BCUT2D eigenvalue weighted by Crippen LogP contribution is 2.50. The largest absolute Gasteiger partial charge is 0.435 e. The summed E-state index contributed by atoms with van der Waals surface area (Å²) in [5.74, 6) is 0.645. The van der Waals surface area contributed by atoms with Crippen molar-refractivity contribution in [1.29, 1.82) is 0 Å². The van der Waals surface area contributed by atoms with Crippen molar-refractivity contribution in [3.63, 3.8) is 0 Å². The molecule has 0 saturated heterocycles. The summed E-state index contributed by atoms with van der Waals surface area (Å²) in [6, 6.07) is 54.5. The monoisotopic (exact) mass is 571 g/mol. The van der Waals surface area contributed by atoms with E-state index < -0.39 is 0 Å². The minimum absolute atomic E-state index is 0.645. The van der Waals surface area contributed by atoms with Crippen molar-refractivity contribution >= 4 is 43.4 Å². The molecule has 0 fully saturated rings. The summed E-state index contributed by atoms with van der Waals surface area (Å²) < 4.78 is 6.40. The number of nitrogens with zero attached hydrogens (tertiary/aromatic N) is 1. The summed E-state index contributed by atoms with van der Waals surface area (Å²) in [5, 5.41) is 7.33. The fourth-order valence-electron chi connectivity index (χ4n) is 7.41. The van der Waals surface area contributed by atoms with Gasteiger partial charge in [-0.1, -0.05) is 127 Å². The summed E-state index contributed by atoms with van der Waals surface area (Å²) in [4.78, 5) is 4.82. The van der Waals surface area contributed by atoms with E-state index in [1.807, 2.05) is 36.4 Å². The van der Waals surface area contributed by atoms with Crippen LogP contribution < -0.4 is 0 Å². The Morgan fingerprint density at radius 1 is 0.378 bits per heavy atom. The van der Waals surface area contributed by atoms with E-state index >= 15 is 0 Å². The summed E-state index contributed by atoms with van der Waals surface area (Å²) >= 11 is 0. The molecule has 1 heterocycles. The third kappa shape index (κ3) is 3.54.